The highest BCUT2D eigenvalue weighted by atomic mass is 16.4. The minimum absolute atomic E-state index is 0.104. The molecule has 0 aromatic heterocycles. The Morgan fingerprint density at radius 1 is 0.931 bits per heavy atom. The average Bonchev–Trinajstić information content (AvgIpc) is 2.60. The van der Waals surface area contributed by atoms with Crippen LogP contribution in [0.15, 0.2) is 4.99 Å². The van der Waals surface area contributed by atoms with Crippen LogP contribution >= 0.6 is 0 Å². The number of carboxylic acid groups (broad SMARTS) is 1. The third kappa shape index (κ3) is 10.3. The molecule has 0 saturated heterocycles. The summed E-state index contributed by atoms with van der Waals surface area (Å²) in [5.74, 6) is -3.35. The van der Waals surface area contributed by atoms with Crippen LogP contribution in [0.4, 0.5) is 0 Å². The zero-order valence-corrected chi connectivity index (χ0v) is 17.3. The van der Waals surface area contributed by atoms with Crippen molar-refractivity contribution in [1.82, 2.24) is 16.0 Å². The molecule has 4 atom stereocenters. The summed E-state index contributed by atoms with van der Waals surface area (Å²) in [6.45, 7) is 6.47. The Balaban J connectivity index is 5.28. The number of hydrogen-bond acceptors (Lipinski definition) is 6. The van der Waals surface area contributed by atoms with Crippen molar-refractivity contribution in [2.45, 2.75) is 64.7 Å². The second kappa shape index (κ2) is 12.5. The monoisotopic (exact) mass is 415 g/mol. The molecule has 10 N–H and O–H groups in total. The summed E-state index contributed by atoms with van der Waals surface area (Å²) in [5.41, 5.74) is 16.0. The largest absolute Gasteiger partial charge is 0.480 e. The quantitative estimate of drug-likeness (QED) is 0.103. The van der Waals surface area contributed by atoms with Crippen molar-refractivity contribution in [3.8, 4) is 0 Å². The highest BCUT2D eigenvalue weighted by molar-refractivity contribution is 5.94. The zero-order chi connectivity index (χ0) is 22.7. The maximum atomic E-state index is 12.7. The van der Waals surface area contributed by atoms with E-state index in [0.717, 1.165) is 0 Å². The van der Waals surface area contributed by atoms with E-state index in [1.54, 1.807) is 13.8 Å². The van der Waals surface area contributed by atoms with Crippen LogP contribution < -0.4 is 33.2 Å². The predicted molar refractivity (Wildman–Crippen MR) is 108 cm³/mol. The fourth-order valence-electron chi connectivity index (χ4n) is 2.23. The Morgan fingerprint density at radius 3 is 1.97 bits per heavy atom. The van der Waals surface area contributed by atoms with Crippen molar-refractivity contribution in [3.05, 3.63) is 0 Å². The Labute approximate surface area is 170 Å². The first-order valence-electron chi connectivity index (χ1n) is 9.31. The number of aliphatic imine (C=N–C) groups is 1. The molecule has 0 aromatic rings. The van der Waals surface area contributed by atoms with Crippen LogP contribution in [-0.2, 0) is 19.2 Å². The van der Waals surface area contributed by atoms with Crippen molar-refractivity contribution in [1.29, 1.82) is 0 Å². The number of nitrogens with two attached hydrogens (primary N) is 3. The number of rotatable bonds is 12. The van der Waals surface area contributed by atoms with Gasteiger partial charge in [-0.1, -0.05) is 13.8 Å². The molecule has 166 valence electrons. The standard InChI is InChI=1S/C17H33N7O5/c1-8(2)12(24-13(25)9(3)18)15(27)23-11(6-5-7-21-17(19)20)14(26)22-10(4)16(28)29/h8-12H,5-7,18H2,1-4H3,(H,22,26)(H,23,27)(H,24,25)(H,28,29)(H4,19,20,21). The first-order valence-corrected chi connectivity index (χ1v) is 9.31. The highest BCUT2D eigenvalue weighted by Crippen LogP contribution is 2.06. The molecule has 12 heteroatoms. The molecular weight excluding hydrogens is 382 g/mol. The molecule has 0 spiro atoms. The number of carboxylic acids is 1. The molecule has 0 aromatic carbocycles. The third-order valence-electron chi connectivity index (χ3n) is 3.97. The smallest absolute Gasteiger partial charge is 0.325 e. The number of carbonyl (C=O) groups excluding carboxylic acids is 3. The molecule has 3 amide bonds. The van der Waals surface area contributed by atoms with Crippen LogP contribution in [0.25, 0.3) is 0 Å². The first-order chi connectivity index (χ1) is 13.4. The van der Waals surface area contributed by atoms with Crippen molar-refractivity contribution in [3.63, 3.8) is 0 Å². The maximum absolute atomic E-state index is 12.7. The van der Waals surface area contributed by atoms with E-state index in [4.69, 9.17) is 22.3 Å². The second-order valence-corrected chi connectivity index (χ2v) is 7.10. The topological polar surface area (TPSA) is 215 Å². The molecule has 0 aliphatic rings. The molecule has 29 heavy (non-hydrogen) atoms. The van der Waals surface area contributed by atoms with Crippen LogP contribution in [-0.4, -0.2) is 65.5 Å². The van der Waals surface area contributed by atoms with Crippen molar-refractivity contribution < 1.29 is 24.3 Å². The number of carbonyl (C=O) groups is 4. The fourth-order valence-corrected chi connectivity index (χ4v) is 2.23. The Hall–Kier alpha value is -2.89. The summed E-state index contributed by atoms with van der Waals surface area (Å²) in [4.78, 5) is 51.8. The van der Waals surface area contributed by atoms with E-state index in [-0.39, 0.29) is 24.8 Å². The lowest BCUT2D eigenvalue weighted by Crippen LogP contribution is -2.58. The summed E-state index contributed by atoms with van der Waals surface area (Å²) >= 11 is 0. The molecule has 0 radical (unpaired) electrons. The molecule has 4 unspecified atom stereocenters. The van der Waals surface area contributed by atoms with Crippen molar-refractivity contribution in [2.24, 2.45) is 28.1 Å². The molecule has 0 heterocycles. The second-order valence-electron chi connectivity index (χ2n) is 7.10. The van der Waals surface area contributed by atoms with Crippen LogP contribution in [0.3, 0.4) is 0 Å². The van der Waals surface area contributed by atoms with Gasteiger partial charge in [0.15, 0.2) is 5.96 Å². The van der Waals surface area contributed by atoms with E-state index in [0.29, 0.717) is 6.42 Å². The Kier molecular flexibility index (Phi) is 11.3. The van der Waals surface area contributed by atoms with E-state index in [1.165, 1.54) is 13.8 Å². The Bertz CT molecular complexity index is 617. The van der Waals surface area contributed by atoms with Gasteiger partial charge in [-0.25, -0.2) is 0 Å². The van der Waals surface area contributed by atoms with Gasteiger partial charge in [0.2, 0.25) is 17.7 Å². The minimum atomic E-state index is -1.21. The molecule has 0 bridgehead atoms. The summed E-state index contributed by atoms with van der Waals surface area (Å²) in [6.07, 6.45) is 0.517. The van der Waals surface area contributed by atoms with Gasteiger partial charge < -0.3 is 38.3 Å². The van der Waals surface area contributed by atoms with Gasteiger partial charge in [0, 0.05) is 6.54 Å². The number of nitrogens with zero attached hydrogens (tertiary/aromatic N) is 1. The van der Waals surface area contributed by atoms with Gasteiger partial charge in [-0.15, -0.1) is 0 Å². The predicted octanol–water partition coefficient (Wildman–Crippen LogP) is -2.40. The molecular formula is C17H33N7O5. The van der Waals surface area contributed by atoms with Gasteiger partial charge in [0.25, 0.3) is 0 Å². The summed E-state index contributed by atoms with van der Waals surface area (Å²) in [7, 11) is 0. The average molecular weight is 415 g/mol. The molecule has 0 rings (SSSR count). The zero-order valence-electron chi connectivity index (χ0n) is 17.3. The van der Waals surface area contributed by atoms with Crippen molar-refractivity contribution >= 4 is 29.7 Å². The Morgan fingerprint density at radius 2 is 1.52 bits per heavy atom. The highest BCUT2D eigenvalue weighted by Gasteiger charge is 2.30. The van der Waals surface area contributed by atoms with Crippen LogP contribution in [0.5, 0.6) is 0 Å². The van der Waals surface area contributed by atoms with E-state index in [2.05, 4.69) is 20.9 Å². The summed E-state index contributed by atoms with van der Waals surface area (Å²) in [6, 6.07) is -3.90. The molecule has 0 aliphatic heterocycles. The lowest BCUT2D eigenvalue weighted by molar-refractivity contribution is -0.141. The number of nitrogens with one attached hydrogen (secondary N) is 3. The van der Waals surface area contributed by atoms with E-state index in [1.807, 2.05) is 0 Å². The molecule has 0 saturated carbocycles. The minimum Gasteiger partial charge on any atom is -0.480 e. The first kappa shape index (κ1) is 26.1. The lowest BCUT2D eigenvalue weighted by atomic mass is 10.0. The number of hydrogen-bond donors (Lipinski definition) is 7. The number of aliphatic carboxylic acids is 1. The van der Waals surface area contributed by atoms with Gasteiger partial charge in [-0.05, 0) is 32.6 Å². The van der Waals surface area contributed by atoms with Gasteiger partial charge >= 0.3 is 5.97 Å². The number of amides is 3. The van der Waals surface area contributed by atoms with Gasteiger partial charge in [0.1, 0.15) is 18.1 Å². The van der Waals surface area contributed by atoms with Gasteiger partial charge in [-0.3, -0.25) is 24.2 Å². The fraction of sp³-hybridized carbons (Fsp3) is 0.706. The molecule has 0 aliphatic carbocycles. The third-order valence-corrected chi connectivity index (χ3v) is 3.97. The van der Waals surface area contributed by atoms with Crippen LogP contribution in [0, 0.1) is 5.92 Å². The maximum Gasteiger partial charge on any atom is 0.325 e. The van der Waals surface area contributed by atoms with Gasteiger partial charge in [0.05, 0.1) is 6.04 Å². The lowest BCUT2D eigenvalue weighted by Gasteiger charge is -2.26. The van der Waals surface area contributed by atoms with Crippen molar-refractivity contribution in [2.75, 3.05) is 6.54 Å². The van der Waals surface area contributed by atoms with E-state index < -0.39 is 47.9 Å². The summed E-state index contributed by atoms with van der Waals surface area (Å²) in [5, 5.41) is 16.4. The number of guanidine groups is 1. The molecule has 0 fully saturated rings. The van der Waals surface area contributed by atoms with Crippen LogP contribution in [0.2, 0.25) is 0 Å². The molecule has 12 nitrogen and oxygen atoms in total. The summed E-state index contributed by atoms with van der Waals surface area (Å²) < 4.78 is 0. The van der Waals surface area contributed by atoms with Crippen LogP contribution in [0.1, 0.15) is 40.5 Å². The van der Waals surface area contributed by atoms with E-state index >= 15 is 0 Å². The normalized spacial score (nSPS) is 14.8. The van der Waals surface area contributed by atoms with Gasteiger partial charge in [-0.2, -0.15) is 0 Å². The van der Waals surface area contributed by atoms with E-state index in [9.17, 15) is 19.2 Å². The SMILES string of the molecule is CC(N)C(=O)NC(C(=O)NC(CCCN=C(N)N)C(=O)NC(C)C(=O)O)C(C)C.